The van der Waals surface area contributed by atoms with Crippen LogP contribution in [0.1, 0.15) is 24.2 Å². The maximum atomic E-state index is 12.1. The van der Waals surface area contributed by atoms with Gasteiger partial charge >= 0.3 is 0 Å². The molecule has 0 radical (unpaired) electrons. The van der Waals surface area contributed by atoms with Crippen LogP contribution in [0.25, 0.3) is 0 Å². The van der Waals surface area contributed by atoms with Crippen LogP contribution in [0.5, 0.6) is 0 Å². The van der Waals surface area contributed by atoms with E-state index in [0.29, 0.717) is 5.56 Å². The molecule has 104 valence electrons. The number of aromatic amines is 1. The number of anilines is 2. The molecule has 20 heavy (non-hydrogen) atoms. The fraction of sp³-hybridized carbons (Fsp3) is 0.250. The number of hydrogen-bond acceptors (Lipinski definition) is 2. The summed E-state index contributed by atoms with van der Waals surface area (Å²) in [5, 5.41) is 2.86. The molecule has 0 bridgehead atoms. The van der Waals surface area contributed by atoms with Crippen molar-refractivity contribution in [3.8, 4) is 0 Å². The van der Waals surface area contributed by atoms with E-state index >= 15 is 0 Å². The number of pyridine rings is 1. The van der Waals surface area contributed by atoms with Crippen molar-refractivity contribution in [1.29, 1.82) is 0 Å². The van der Waals surface area contributed by atoms with Crippen LogP contribution in [0, 0.1) is 0 Å². The predicted octanol–water partition coefficient (Wildman–Crippen LogP) is 2.60. The average molecular weight is 270 g/mol. The number of aromatic nitrogens is 1. The van der Waals surface area contributed by atoms with Gasteiger partial charge in [-0.05, 0) is 38.1 Å². The van der Waals surface area contributed by atoms with Crippen molar-refractivity contribution in [3.63, 3.8) is 0 Å². The fourth-order valence-corrected chi connectivity index (χ4v) is 2.09. The lowest BCUT2D eigenvalue weighted by Gasteiger charge is -2.21. The fourth-order valence-electron chi connectivity index (χ4n) is 2.09. The monoisotopic (exact) mass is 270 g/mol. The Labute approximate surface area is 119 Å². The first kappa shape index (κ1) is 14.1. The van der Waals surface area contributed by atoms with E-state index in [1.54, 1.807) is 12.4 Å². The highest BCUT2D eigenvalue weighted by Crippen LogP contribution is 2.15. The standard InChI is InChI=1S/C16H19N3O/c1-3-19(4-2)15-7-5-13(6-8-15)16(20)18-14-9-11-17-12-10-14/h5-12H,3-4H2,1-2H3,(H,17,18,20)/p+1. The van der Waals surface area contributed by atoms with Crippen molar-refractivity contribution in [2.75, 3.05) is 23.3 Å². The van der Waals surface area contributed by atoms with Gasteiger partial charge in [-0.3, -0.25) is 4.79 Å². The van der Waals surface area contributed by atoms with Crippen LogP contribution in [-0.2, 0) is 0 Å². The highest BCUT2D eigenvalue weighted by atomic mass is 16.1. The molecule has 0 unspecified atom stereocenters. The Kier molecular flexibility index (Phi) is 4.71. The number of carbonyl (C=O) groups excluding carboxylic acids is 1. The lowest BCUT2D eigenvalue weighted by molar-refractivity contribution is -0.377. The quantitative estimate of drug-likeness (QED) is 0.907. The Morgan fingerprint density at radius 1 is 1.05 bits per heavy atom. The summed E-state index contributed by atoms with van der Waals surface area (Å²) in [5.74, 6) is -0.0951. The van der Waals surface area contributed by atoms with Gasteiger partial charge in [0.2, 0.25) is 0 Å². The number of amides is 1. The van der Waals surface area contributed by atoms with Gasteiger partial charge in [-0.25, -0.2) is 4.98 Å². The maximum Gasteiger partial charge on any atom is 0.255 e. The van der Waals surface area contributed by atoms with Crippen molar-refractivity contribution in [1.82, 2.24) is 0 Å². The lowest BCUT2D eigenvalue weighted by atomic mass is 10.1. The van der Waals surface area contributed by atoms with Crippen molar-refractivity contribution in [3.05, 3.63) is 54.4 Å². The number of nitrogens with zero attached hydrogens (tertiary/aromatic N) is 1. The molecular formula is C16H20N3O+. The van der Waals surface area contributed by atoms with E-state index in [-0.39, 0.29) is 5.91 Å². The van der Waals surface area contributed by atoms with Gasteiger partial charge in [-0.2, -0.15) is 0 Å². The summed E-state index contributed by atoms with van der Waals surface area (Å²) in [7, 11) is 0. The molecule has 0 atom stereocenters. The van der Waals surface area contributed by atoms with Crippen LogP contribution >= 0.6 is 0 Å². The Morgan fingerprint density at radius 2 is 1.65 bits per heavy atom. The molecule has 4 nitrogen and oxygen atoms in total. The minimum absolute atomic E-state index is 0.0951. The Balaban J connectivity index is 2.08. The summed E-state index contributed by atoms with van der Waals surface area (Å²) in [6.45, 7) is 6.16. The molecule has 0 saturated heterocycles. The Morgan fingerprint density at radius 3 is 2.20 bits per heavy atom. The van der Waals surface area contributed by atoms with Crippen LogP contribution < -0.4 is 15.2 Å². The summed E-state index contributed by atoms with van der Waals surface area (Å²) in [4.78, 5) is 17.3. The molecule has 2 N–H and O–H groups in total. The third kappa shape index (κ3) is 3.35. The van der Waals surface area contributed by atoms with Crippen LogP contribution in [0.2, 0.25) is 0 Å². The van der Waals surface area contributed by atoms with Crippen LogP contribution in [0.15, 0.2) is 48.8 Å². The van der Waals surface area contributed by atoms with Crippen LogP contribution in [-0.4, -0.2) is 19.0 Å². The van der Waals surface area contributed by atoms with Crippen molar-refractivity contribution in [2.45, 2.75) is 13.8 Å². The molecule has 0 saturated carbocycles. The summed E-state index contributed by atoms with van der Waals surface area (Å²) < 4.78 is 0. The lowest BCUT2D eigenvalue weighted by Crippen LogP contribution is -2.21. The number of H-pyrrole nitrogens is 1. The predicted molar refractivity (Wildman–Crippen MR) is 81.0 cm³/mol. The first-order valence-corrected chi connectivity index (χ1v) is 6.87. The third-order valence-electron chi connectivity index (χ3n) is 3.23. The van der Waals surface area contributed by atoms with Crippen LogP contribution in [0.4, 0.5) is 11.4 Å². The van der Waals surface area contributed by atoms with E-state index < -0.39 is 0 Å². The van der Waals surface area contributed by atoms with E-state index in [9.17, 15) is 4.79 Å². The first-order valence-electron chi connectivity index (χ1n) is 6.87. The molecule has 1 amide bonds. The molecule has 1 heterocycles. The second-order valence-corrected chi connectivity index (χ2v) is 4.46. The Bertz CT molecular complexity index is 548. The molecule has 0 aliphatic heterocycles. The molecule has 4 heteroatoms. The van der Waals surface area contributed by atoms with Gasteiger partial charge in [-0.1, -0.05) is 0 Å². The highest BCUT2D eigenvalue weighted by Gasteiger charge is 2.07. The minimum Gasteiger partial charge on any atom is -0.372 e. The van der Waals surface area contributed by atoms with Gasteiger partial charge in [0.15, 0.2) is 12.4 Å². The Hall–Kier alpha value is -2.36. The van der Waals surface area contributed by atoms with Gasteiger partial charge in [0.1, 0.15) is 0 Å². The second-order valence-electron chi connectivity index (χ2n) is 4.46. The zero-order chi connectivity index (χ0) is 14.4. The minimum atomic E-state index is -0.0951. The van der Waals surface area contributed by atoms with Gasteiger partial charge in [0.05, 0.1) is 5.69 Å². The molecule has 2 aromatic rings. The average Bonchev–Trinajstić information content (AvgIpc) is 2.50. The third-order valence-corrected chi connectivity index (χ3v) is 3.23. The van der Waals surface area contributed by atoms with Gasteiger partial charge < -0.3 is 10.2 Å². The number of hydrogen-bond donors (Lipinski definition) is 1. The zero-order valence-electron chi connectivity index (χ0n) is 11.9. The number of carbonyl (C=O) groups is 1. The van der Waals surface area contributed by atoms with E-state index in [0.717, 1.165) is 24.5 Å². The molecule has 0 spiro atoms. The largest absolute Gasteiger partial charge is 0.372 e. The number of nitrogens with one attached hydrogen (secondary N) is 2. The maximum absolute atomic E-state index is 12.1. The molecule has 0 aliphatic rings. The van der Waals surface area contributed by atoms with Gasteiger partial charge in [0.25, 0.3) is 5.91 Å². The van der Waals surface area contributed by atoms with E-state index in [1.165, 1.54) is 0 Å². The molecular weight excluding hydrogens is 250 g/mol. The summed E-state index contributed by atoms with van der Waals surface area (Å²) in [6.07, 6.45) is 3.55. The van der Waals surface area contributed by atoms with E-state index in [2.05, 4.69) is 29.0 Å². The molecule has 1 aromatic heterocycles. The van der Waals surface area contributed by atoms with E-state index in [1.807, 2.05) is 36.4 Å². The van der Waals surface area contributed by atoms with Gasteiger partial charge in [-0.15, -0.1) is 0 Å². The molecule has 1 aromatic carbocycles. The zero-order valence-corrected chi connectivity index (χ0v) is 11.9. The van der Waals surface area contributed by atoms with E-state index in [4.69, 9.17) is 0 Å². The second kappa shape index (κ2) is 6.70. The summed E-state index contributed by atoms with van der Waals surface area (Å²) >= 11 is 0. The number of rotatable bonds is 5. The first-order chi connectivity index (χ1) is 9.74. The van der Waals surface area contributed by atoms with Crippen molar-refractivity contribution in [2.24, 2.45) is 0 Å². The molecule has 0 aliphatic carbocycles. The smallest absolute Gasteiger partial charge is 0.255 e. The highest BCUT2D eigenvalue weighted by molar-refractivity contribution is 6.04. The van der Waals surface area contributed by atoms with Crippen molar-refractivity contribution >= 4 is 17.3 Å². The summed E-state index contributed by atoms with van der Waals surface area (Å²) in [6, 6.07) is 11.3. The topological polar surface area (TPSA) is 46.5 Å². The van der Waals surface area contributed by atoms with Gasteiger partial charge in [0, 0.05) is 36.5 Å². The normalized spacial score (nSPS) is 10.1. The summed E-state index contributed by atoms with van der Waals surface area (Å²) in [5.41, 5.74) is 2.58. The molecule has 2 rings (SSSR count). The number of benzene rings is 1. The SMILES string of the molecule is CCN(CC)c1ccc(C(=O)Nc2cc[nH+]cc2)cc1. The van der Waals surface area contributed by atoms with Crippen LogP contribution in [0.3, 0.4) is 0 Å². The van der Waals surface area contributed by atoms with Crippen molar-refractivity contribution < 1.29 is 9.78 Å². The molecule has 0 fully saturated rings.